The first-order valence-corrected chi connectivity index (χ1v) is 6.94. The van der Waals surface area contributed by atoms with Crippen molar-refractivity contribution in [3.05, 3.63) is 28.7 Å². The Kier molecular flexibility index (Phi) is 2.77. The molecule has 0 saturated heterocycles. The first-order chi connectivity index (χ1) is 5.02. The van der Waals surface area contributed by atoms with E-state index in [0.717, 1.165) is 4.47 Å². The van der Waals surface area contributed by atoms with Gasteiger partial charge in [-0.25, -0.2) is 0 Å². The Morgan fingerprint density at radius 3 is 2.18 bits per heavy atom. The van der Waals surface area contributed by atoms with Crippen LogP contribution >= 0.6 is 23.1 Å². The Morgan fingerprint density at radius 1 is 1.27 bits per heavy atom. The van der Waals surface area contributed by atoms with E-state index in [-0.39, 0.29) is 0 Å². The lowest BCUT2D eigenvalue weighted by Gasteiger charge is -2.12. The molecular formula is C8H10BBrP+. The lowest BCUT2D eigenvalue weighted by Crippen LogP contribution is -2.09. The fraction of sp³-hybridized carbons (Fsp3) is 0.250. The average molecular weight is 228 g/mol. The molecule has 0 aliphatic carbocycles. The van der Waals surface area contributed by atoms with Crippen LogP contribution in [0.3, 0.4) is 0 Å². The minimum atomic E-state index is -1.35. The van der Waals surface area contributed by atoms with Crippen molar-refractivity contribution in [3.8, 4) is 0 Å². The van der Waals surface area contributed by atoms with Crippen LogP contribution in [0.4, 0.5) is 0 Å². The lowest BCUT2D eigenvalue weighted by molar-refractivity contribution is 1.71. The zero-order valence-corrected chi connectivity index (χ0v) is 9.19. The van der Waals surface area contributed by atoms with Gasteiger partial charge in [-0.05, 0) is 35.2 Å². The van der Waals surface area contributed by atoms with Gasteiger partial charge in [0.2, 0.25) is 0 Å². The number of rotatable bonds is 1. The molecule has 0 fully saturated rings. The smallest absolute Gasteiger partial charge is 0.0609 e. The molecule has 0 atom stereocenters. The Labute approximate surface area is 78.2 Å². The van der Waals surface area contributed by atoms with E-state index in [2.05, 4.69) is 35.3 Å². The highest BCUT2D eigenvalue weighted by atomic mass is 79.9. The van der Waals surface area contributed by atoms with Gasteiger partial charge in [0.25, 0.3) is 0 Å². The quantitative estimate of drug-likeness (QED) is 0.511. The molecule has 11 heavy (non-hydrogen) atoms. The molecule has 0 N–H and O–H groups in total. The highest BCUT2D eigenvalue weighted by Crippen LogP contribution is 2.45. The van der Waals surface area contributed by atoms with Crippen molar-refractivity contribution in [3.63, 3.8) is 0 Å². The largest absolute Gasteiger partial charge is 0.370 e. The third kappa shape index (κ3) is 2.32. The summed E-state index contributed by atoms with van der Waals surface area (Å²) >= 11 is 3.48. The number of halogens is 1. The highest BCUT2D eigenvalue weighted by Gasteiger charge is 2.23. The molecule has 0 aliphatic heterocycles. The van der Waals surface area contributed by atoms with Gasteiger partial charge in [-0.3, -0.25) is 0 Å². The normalized spacial score (nSPS) is 11.5. The van der Waals surface area contributed by atoms with E-state index in [1.165, 1.54) is 5.30 Å². The zero-order chi connectivity index (χ0) is 8.48. The minimum Gasteiger partial charge on any atom is -0.0609 e. The third-order valence-electron chi connectivity index (χ3n) is 1.47. The van der Waals surface area contributed by atoms with E-state index < -0.39 is 7.14 Å². The Morgan fingerprint density at radius 2 is 1.82 bits per heavy atom. The molecule has 1 aromatic rings. The molecule has 3 heteroatoms. The fourth-order valence-corrected chi connectivity index (χ4v) is 3.67. The van der Waals surface area contributed by atoms with Gasteiger partial charge in [-0.1, -0.05) is 12.1 Å². The SMILES string of the molecule is [B][P+](C)(C)c1ccccc1Br. The van der Waals surface area contributed by atoms with Crippen molar-refractivity contribution in [1.29, 1.82) is 0 Å². The topological polar surface area (TPSA) is 0 Å². The first kappa shape index (κ1) is 9.28. The van der Waals surface area contributed by atoms with Crippen LogP contribution in [0.5, 0.6) is 0 Å². The molecule has 0 nitrogen and oxygen atoms in total. The Hall–Kier alpha value is 0.195. The number of hydrogen-bond donors (Lipinski definition) is 0. The van der Waals surface area contributed by atoms with Crippen LogP contribution in [-0.2, 0) is 0 Å². The second kappa shape index (κ2) is 3.29. The van der Waals surface area contributed by atoms with Crippen molar-refractivity contribution >= 4 is 35.9 Å². The zero-order valence-electron chi connectivity index (χ0n) is 6.71. The van der Waals surface area contributed by atoms with Crippen LogP contribution in [0, 0.1) is 0 Å². The molecule has 0 heterocycles. The van der Waals surface area contributed by atoms with E-state index in [9.17, 15) is 0 Å². The van der Waals surface area contributed by atoms with Crippen molar-refractivity contribution in [1.82, 2.24) is 0 Å². The van der Waals surface area contributed by atoms with Crippen molar-refractivity contribution in [2.75, 3.05) is 13.3 Å². The first-order valence-electron chi connectivity index (χ1n) is 3.39. The van der Waals surface area contributed by atoms with Crippen molar-refractivity contribution < 1.29 is 0 Å². The monoisotopic (exact) mass is 227 g/mol. The van der Waals surface area contributed by atoms with E-state index in [4.69, 9.17) is 7.57 Å². The van der Waals surface area contributed by atoms with Gasteiger partial charge in [0.1, 0.15) is 0 Å². The van der Waals surface area contributed by atoms with Gasteiger partial charge in [-0.15, -0.1) is 0 Å². The molecular weight excluding hydrogens is 218 g/mol. The summed E-state index contributed by atoms with van der Waals surface area (Å²) in [6.45, 7) is 4.21. The van der Waals surface area contributed by atoms with Crippen LogP contribution in [-0.4, -0.2) is 20.9 Å². The van der Waals surface area contributed by atoms with Crippen LogP contribution < -0.4 is 5.30 Å². The predicted octanol–water partition coefficient (Wildman–Crippen LogP) is 2.44. The summed E-state index contributed by atoms with van der Waals surface area (Å²) in [6, 6.07) is 8.14. The Balaban J connectivity index is 3.14. The van der Waals surface area contributed by atoms with Gasteiger partial charge in [0, 0.05) is 13.3 Å². The summed E-state index contributed by atoms with van der Waals surface area (Å²) < 4.78 is 1.13. The van der Waals surface area contributed by atoms with E-state index in [1.807, 2.05) is 18.2 Å². The maximum atomic E-state index is 6.04. The molecule has 0 amide bonds. The van der Waals surface area contributed by atoms with Gasteiger partial charge >= 0.3 is 7.57 Å². The molecule has 0 bridgehead atoms. The predicted molar refractivity (Wildman–Crippen MR) is 58.3 cm³/mol. The standard InChI is InChI=1S/C8H10BBrP/c1-11(2,9)8-6-4-3-5-7(8)10/h3-6H,1-2H3/q+1. The summed E-state index contributed by atoms with van der Waals surface area (Å²) in [7, 11) is 4.69. The van der Waals surface area contributed by atoms with Crippen molar-refractivity contribution in [2.45, 2.75) is 0 Å². The van der Waals surface area contributed by atoms with E-state index in [0.29, 0.717) is 0 Å². The maximum absolute atomic E-state index is 6.04. The molecule has 1 rings (SSSR count). The maximum Gasteiger partial charge on any atom is 0.370 e. The van der Waals surface area contributed by atoms with Gasteiger partial charge < -0.3 is 0 Å². The third-order valence-corrected chi connectivity index (χ3v) is 4.10. The van der Waals surface area contributed by atoms with E-state index in [1.54, 1.807) is 0 Å². The summed E-state index contributed by atoms with van der Waals surface area (Å²) in [4.78, 5) is 0. The molecule has 56 valence electrons. The Bertz CT molecular complexity index is 255. The van der Waals surface area contributed by atoms with Gasteiger partial charge in [0.15, 0.2) is 0 Å². The second-order valence-corrected chi connectivity index (χ2v) is 7.41. The van der Waals surface area contributed by atoms with Gasteiger partial charge in [-0.2, -0.15) is 0 Å². The molecule has 0 saturated carbocycles. The molecule has 2 radical (unpaired) electrons. The molecule has 1 aromatic carbocycles. The minimum absolute atomic E-state index is 1.13. The number of benzene rings is 1. The van der Waals surface area contributed by atoms with Crippen LogP contribution in [0.15, 0.2) is 28.7 Å². The summed E-state index contributed by atoms with van der Waals surface area (Å²) in [5, 5.41) is 1.25. The summed E-state index contributed by atoms with van der Waals surface area (Å²) in [5.41, 5.74) is 0. The van der Waals surface area contributed by atoms with Crippen LogP contribution in [0.2, 0.25) is 0 Å². The average Bonchev–Trinajstić information content (AvgIpc) is 1.86. The highest BCUT2D eigenvalue weighted by molar-refractivity contribution is 9.10. The lowest BCUT2D eigenvalue weighted by atomic mass is 10.4. The molecule has 0 aliphatic rings. The molecule has 0 spiro atoms. The van der Waals surface area contributed by atoms with Gasteiger partial charge in [0.05, 0.1) is 9.78 Å². The van der Waals surface area contributed by atoms with Crippen LogP contribution in [0.1, 0.15) is 0 Å². The fourth-order valence-electron chi connectivity index (χ4n) is 0.919. The van der Waals surface area contributed by atoms with E-state index >= 15 is 0 Å². The van der Waals surface area contributed by atoms with Crippen molar-refractivity contribution in [2.24, 2.45) is 0 Å². The summed E-state index contributed by atoms with van der Waals surface area (Å²) in [5.74, 6) is 0. The molecule has 0 aromatic heterocycles. The summed E-state index contributed by atoms with van der Waals surface area (Å²) in [6.07, 6.45) is 0. The second-order valence-electron chi connectivity index (χ2n) is 2.99. The molecule has 0 unspecified atom stereocenters. The van der Waals surface area contributed by atoms with Crippen LogP contribution in [0.25, 0.3) is 0 Å². The number of hydrogen-bond acceptors (Lipinski definition) is 0.